The Morgan fingerprint density at radius 3 is 2.95 bits per heavy atom. The standard InChI is InChI=1S/C13H14N4O2S/c18-11(17-6-1-2-7-17)9-20-13-16-15-12(19-13)10-4-3-5-14-8-10/h3-5,8H,1-2,6-7,9H2. The molecule has 0 N–H and O–H groups in total. The van der Waals surface area contributed by atoms with Crippen LogP contribution in [0.5, 0.6) is 0 Å². The molecule has 104 valence electrons. The van der Waals surface area contributed by atoms with Gasteiger partial charge in [-0.25, -0.2) is 0 Å². The second kappa shape index (κ2) is 6.04. The lowest BCUT2D eigenvalue weighted by atomic mass is 10.3. The molecule has 3 heterocycles. The third-order valence-corrected chi connectivity index (χ3v) is 3.90. The van der Waals surface area contributed by atoms with Gasteiger partial charge in [-0.05, 0) is 25.0 Å². The molecule has 20 heavy (non-hydrogen) atoms. The van der Waals surface area contributed by atoms with Gasteiger partial charge in [-0.3, -0.25) is 9.78 Å². The van der Waals surface area contributed by atoms with Crippen molar-refractivity contribution in [2.45, 2.75) is 18.1 Å². The van der Waals surface area contributed by atoms with E-state index in [0.717, 1.165) is 31.5 Å². The largest absolute Gasteiger partial charge is 0.411 e. The summed E-state index contributed by atoms with van der Waals surface area (Å²) in [5.74, 6) is 0.900. The summed E-state index contributed by atoms with van der Waals surface area (Å²) in [6.07, 6.45) is 5.55. The average Bonchev–Trinajstić information content (AvgIpc) is 3.17. The number of likely N-dealkylation sites (tertiary alicyclic amines) is 1. The summed E-state index contributed by atoms with van der Waals surface area (Å²) in [5.41, 5.74) is 0.776. The van der Waals surface area contributed by atoms with Crippen molar-refractivity contribution in [1.29, 1.82) is 0 Å². The van der Waals surface area contributed by atoms with Gasteiger partial charge in [-0.1, -0.05) is 11.8 Å². The smallest absolute Gasteiger partial charge is 0.277 e. The molecular weight excluding hydrogens is 276 g/mol. The Labute approximate surface area is 120 Å². The second-order valence-corrected chi connectivity index (χ2v) is 5.42. The normalized spacial score (nSPS) is 14.7. The van der Waals surface area contributed by atoms with E-state index in [1.54, 1.807) is 12.4 Å². The topological polar surface area (TPSA) is 72.1 Å². The van der Waals surface area contributed by atoms with E-state index in [-0.39, 0.29) is 5.91 Å². The van der Waals surface area contributed by atoms with Crippen LogP contribution >= 0.6 is 11.8 Å². The minimum absolute atomic E-state index is 0.133. The summed E-state index contributed by atoms with van der Waals surface area (Å²) in [7, 11) is 0. The Morgan fingerprint density at radius 2 is 2.20 bits per heavy atom. The van der Waals surface area contributed by atoms with Gasteiger partial charge in [0.1, 0.15) is 0 Å². The van der Waals surface area contributed by atoms with E-state index in [0.29, 0.717) is 16.9 Å². The van der Waals surface area contributed by atoms with Crippen molar-refractivity contribution in [1.82, 2.24) is 20.1 Å². The van der Waals surface area contributed by atoms with Gasteiger partial charge in [-0.15, -0.1) is 10.2 Å². The quantitative estimate of drug-likeness (QED) is 0.800. The fourth-order valence-electron chi connectivity index (χ4n) is 2.06. The highest BCUT2D eigenvalue weighted by Crippen LogP contribution is 2.23. The zero-order valence-corrected chi connectivity index (χ0v) is 11.7. The predicted octanol–water partition coefficient (Wildman–Crippen LogP) is 1.85. The van der Waals surface area contributed by atoms with Gasteiger partial charge in [-0.2, -0.15) is 0 Å². The maximum absolute atomic E-state index is 11.9. The van der Waals surface area contributed by atoms with Crippen molar-refractivity contribution in [3.63, 3.8) is 0 Å². The van der Waals surface area contributed by atoms with E-state index in [1.807, 2.05) is 17.0 Å². The maximum atomic E-state index is 11.9. The molecule has 1 aliphatic heterocycles. The fraction of sp³-hybridized carbons (Fsp3) is 0.385. The van der Waals surface area contributed by atoms with E-state index >= 15 is 0 Å². The summed E-state index contributed by atoms with van der Waals surface area (Å²) in [6.45, 7) is 1.73. The first kappa shape index (κ1) is 13.1. The highest BCUT2D eigenvalue weighted by Gasteiger charge is 2.19. The summed E-state index contributed by atoms with van der Waals surface area (Å²) in [5, 5.41) is 8.31. The van der Waals surface area contributed by atoms with Crippen LogP contribution in [0.3, 0.4) is 0 Å². The number of hydrogen-bond acceptors (Lipinski definition) is 6. The Hall–Kier alpha value is -1.89. The number of carbonyl (C=O) groups excluding carboxylic acids is 1. The number of rotatable bonds is 4. The molecular formula is C13H14N4O2S. The third kappa shape index (κ3) is 2.98. The van der Waals surface area contributed by atoms with Crippen LogP contribution in [0.2, 0.25) is 0 Å². The summed E-state index contributed by atoms with van der Waals surface area (Å²) in [4.78, 5) is 17.8. The Balaban J connectivity index is 1.59. The number of nitrogens with zero attached hydrogens (tertiary/aromatic N) is 4. The number of amides is 1. The van der Waals surface area contributed by atoms with Crippen LogP contribution in [0.15, 0.2) is 34.2 Å². The molecule has 0 radical (unpaired) electrons. The number of aromatic nitrogens is 3. The van der Waals surface area contributed by atoms with Crippen LogP contribution in [0.4, 0.5) is 0 Å². The maximum Gasteiger partial charge on any atom is 0.277 e. The lowest BCUT2D eigenvalue weighted by molar-refractivity contribution is -0.127. The molecule has 0 unspecified atom stereocenters. The monoisotopic (exact) mass is 290 g/mol. The molecule has 0 aromatic carbocycles. The molecule has 0 spiro atoms. The number of hydrogen-bond donors (Lipinski definition) is 0. The molecule has 1 amide bonds. The first-order chi connectivity index (χ1) is 9.83. The van der Waals surface area contributed by atoms with E-state index in [4.69, 9.17) is 4.42 Å². The van der Waals surface area contributed by atoms with E-state index < -0.39 is 0 Å². The molecule has 2 aromatic heterocycles. The van der Waals surface area contributed by atoms with Gasteiger partial charge in [0, 0.05) is 25.5 Å². The molecule has 1 fully saturated rings. The van der Waals surface area contributed by atoms with Crippen molar-refractivity contribution in [2.24, 2.45) is 0 Å². The van der Waals surface area contributed by atoms with Crippen molar-refractivity contribution in [3.05, 3.63) is 24.5 Å². The molecule has 0 atom stereocenters. The fourth-order valence-corrected chi connectivity index (χ4v) is 2.72. The third-order valence-electron chi connectivity index (χ3n) is 3.09. The molecule has 1 saturated heterocycles. The molecule has 6 nitrogen and oxygen atoms in total. The molecule has 0 aliphatic carbocycles. The van der Waals surface area contributed by atoms with Crippen molar-refractivity contribution in [3.8, 4) is 11.5 Å². The lowest BCUT2D eigenvalue weighted by Gasteiger charge is -2.13. The van der Waals surface area contributed by atoms with E-state index in [1.165, 1.54) is 11.8 Å². The first-order valence-corrected chi connectivity index (χ1v) is 7.46. The molecule has 3 rings (SSSR count). The number of pyridine rings is 1. The van der Waals surface area contributed by atoms with Crippen LogP contribution < -0.4 is 0 Å². The lowest BCUT2D eigenvalue weighted by Crippen LogP contribution is -2.29. The minimum Gasteiger partial charge on any atom is -0.411 e. The van der Waals surface area contributed by atoms with Crippen molar-refractivity contribution >= 4 is 17.7 Å². The molecule has 0 bridgehead atoms. The molecule has 2 aromatic rings. The van der Waals surface area contributed by atoms with Gasteiger partial charge in [0.25, 0.3) is 5.22 Å². The molecule has 1 aliphatic rings. The Bertz CT molecular complexity index is 581. The molecule has 7 heteroatoms. The van der Waals surface area contributed by atoms with Crippen LogP contribution in [0.25, 0.3) is 11.5 Å². The SMILES string of the molecule is O=C(CSc1nnc(-c2cccnc2)o1)N1CCCC1. The van der Waals surface area contributed by atoms with Crippen molar-refractivity contribution < 1.29 is 9.21 Å². The van der Waals surface area contributed by atoms with Gasteiger partial charge >= 0.3 is 0 Å². The summed E-state index contributed by atoms with van der Waals surface area (Å²) < 4.78 is 5.51. The zero-order valence-electron chi connectivity index (χ0n) is 10.9. The van der Waals surface area contributed by atoms with Crippen LogP contribution in [0.1, 0.15) is 12.8 Å². The van der Waals surface area contributed by atoms with Crippen LogP contribution in [0, 0.1) is 0 Å². The Morgan fingerprint density at radius 1 is 1.35 bits per heavy atom. The Kier molecular flexibility index (Phi) is 3.96. The summed E-state index contributed by atoms with van der Waals surface area (Å²) >= 11 is 1.28. The number of thioether (sulfide) groups is 1. The minimum atomic E-state index is 0.133. The van der Waals surface area contributed by atoms with Gasteiger partial charge in [0.05, 0.1) is 11.3 Å². The van der Waals surface area contributed by atoms with Gasteiger partial charge in [0.15, 0.2) is 0 Å². The highest BCUT2D eigenvalue weighted by atomic mass is 32.2. The van der Waals surface area contributed by atoms with Gasteiger partial charge in [0.2, 0.25) is 11.8 Å². The van der Waals surface area contributed by atoms with E-state index in [2.05, 4.69) is 15.2 Å². The van der Waals surface area contributed by atoms with Crippen LogP contribution in [-0.4, -0.2) is 44.8 Å². The second-order valence-electron chi connectivity index (χ2n) is 4.49. The van der Waals surface area contributed by atoms with E-state index in [9.17, 15) is 4.79 Å². The van der Waals surface area contributed by atoms with Crippen molar-refractivity contribution in [2.75, 3.05) is 18.8 Å². The average molecular weight is 290 g/mol. The molecule has 0 saturated carbocycles. The number of carbonyl (C=O) groups is 1. The highest BCUT2D eigenvalue weighted by molar-refractivity contribution is 7.99. The van der Waals surface area contributed by atoms with Crippen LogP contribution in [-0.2, 0) is 4.79 Å². The zero-order chi connectivity index (χ0) is 13.8. The first-order valence-electron chi connectivity index (χ1n) is 6.47. The summed E-state index contributed by atoms with van der Waals surface area (Å²) in [6, 6.07) is 3.66. The predicted molar refractivity (Wildman–Crippen MR) is 74.1 cm³/mol. The van der Waals surface area contributed by atoms with Gasteiger partial charge < -0.3 is 9.32 Å².